The Balaban J connectivity index is 2.74. The Labute approximate surface area is 95.5 Å². The third-order valence-corrected chi connectivity index (χ3v) is 2.00. The van der Waals surface area contributed by atoms with E-state index < -0.39 is 6.04 Å². The summed E-state index contributed by atoms with van der Waals surface area (Å²) < 4.78 is 4.97. The van der Waals surface area contributed by atoms with E-state index in [9.17, 15) is 4.79 Å². The highest BCUT2D eigenvalue weighted by Gasteiger charge is 2.21. The molecule has 1 aromatic rings. The highest BCUT2D eigenvalue weighted by Crippen LogP contribution is 2.14. The zero-order valence-electron chi connectivity index (χ0n) is 9.60. The molecule has 16 heavy (non-hydrogen) atoms. The number of ether oxygens (including phenoxy) is 1. The van der Waals surface area contributed by atoms with Gasteiger partial charge in [0.2, 0.25) is 0 Å². The van der Waals surface area contributed by atoms with E-state index in [1.54, 1.807) is 6.92 Å². The number of rotatable bonds is 6. The number of benzene rings is 1. The normalized spacial score (nSPS) is 12.1. The number of hydrogen-bond donors (Lipinski definition) is 1. The minimum Gasteiger partial charge on any atom is -0.465 e. The number of hydrogen-bond acceptors (Lipinski definition) is 4. The monoisotopic (exact) mass is 223 g/mol. The largest absolute Gasteiger partial charge is 0.465 e. The number of hydroxylamine groups is 1. The van der Waals surface area contributed by atoms with Crippen LogP contribution in [0.25, 0.3) is 0 Å². The first-order valence-corrected chi connectivity index (χ1v) is 5.38. The Morgan fingerprint density at radius 1 is 1.25 bits per heavy atom. The Hall–Kier alpha value is -1.39. The molecule has 0 aliphatic heterocycles. The molecule has 1 rings (SSSR count). The molecule has 0 bridgehead atoms. The highest BCUT2D eigenvalue weighted by atomic mass is 16.6. The highest BCUT2D eigenvalue weighted by molar-refractivity contribution is 5.77. The zero-order valence-corrected chi connectivity index (χ0v) is 9.60. The van der Waals surface area contributed by atoms with Crippen LogP contribution in [0.5, 0.6) is 0 Å². The lowest BCUT2D eigenvalue weighted by atomic mass is 10.1. The summed E-state index contributed by atoms with van der Waals surface area (Å²) in [5.74, 6) is -0.331. The van der Waals surface area contributed by atoms with Crippen LogP contribution < -0.4 is 5.48 Å². The second kappa shape index (κ2) is 6.98. The molecule has 0 aromatic heterocycles. The smallest absolute Gasteiger partial charge is 0.330 e. The molecule has 1 N–H and O–H groups in total. The van der Waals surface area contributed by atoms with E-state index >= 15 is 0 Å². The van der Waals surface area contributed by atoms with Crippen LogP contribution in [0.3, 0.4) is 0 Å². The van der Waals surface area contributed by atoms with Crippen molar-refractivity contribution in [2.75, 3.05) is 13.2 Å². The average molecular weight is 223 g/mol. The van der Waals surface area contributed by atoms with Crippen LogP contribution in [0.4, 0.5) is 0 Å². The van der Waals surface area contributed by atoms with Gasteiger partial charge in [0.25, 0.3) is 0 Å². The zero-order chi connectivity index (χ0) is 11.8. The fourth-order valence-electron chi connectivity index (χ4n) is 1.29. The van der Waals surface area contributed by atoms with Crippen LogP contribution in [0.2, 0.25) is 0 Å². The van der Waals surface area contributed by atoms with Crippen molar-refractivity contribution in [1.82, 2.24) is 5.48 Å². The summed E-state index contributed by atoms with van der Waals surface area (Å²) in [7, 11) is 0. The molecule has 4 nitrogen and oxygen atoms in total. The minimum atomic E-state index is -0.568. The topological polar surface area (TPSA) is 47.6 Å². The molecule has 1 aromatic carbocycles. The van der Waals surface area contributed by atoms with Crippen molar-refractivity contribution in [3.8, 4) is 0 Å². The molecule has 1 unspecified atom stereocenters. The number of carbonyl (C=O) groups excluding carboxylic acids is 1. The van der Waals surface area contributed by atoms with Crippen molar-refractivity contribution < 1.29 is 14.4 Å². The molecular weight excluding hydrogens is 206 g/mol. The van der Waals surface area contributed by atoms with E-state index in [-0.39, 0.29) is 5.97 Å². The maximum absolute atomic E-state index is 11.7. The molecule has 0 fully saturated rings. The van der Waals surface area contributed by atoms with Crippen molar-refractivity contribution in [2.24, 2.45) is 0 Å². The molecule has 0 saturated heterocycles. The Bertz CT molecular complexity index is 313. The van der Waals surface area contributed by atoms with Gasteiger partial charge in [0.05, 0.1) is 13.2 Å². The van der Waals surface area contributed by atoms with Gasteiger partial charge in [0, 0.05) is 0 Å². The molecule has 1 atom stereocenters. The molecule has 0 heterocycles. The summed E-state index contributed by atoms with van der Waals surface area (Å²) >= 11 is 0. The van der Waals surface area contributed by atoms with Crippen LogP contribution in [-0.4, -0.2) is 19.2 Å². The summed E-state index contributed by atoms with van der Waals surface area (Å²) in [4.78, 5) is 16.8. The van der Waals surface area contributed by atoms with Gasteiger partial charge in [0.1, 0.15) is 0 Å². The van der Waals surface area contributed by atoms with Gasteiger partial charge in [-0.15, -0.1) is 0 Å². The molecule has 4 heteroatoms. The van der Waals surface area contributed by atoms with Crippen LogP contribution in [-0.2, 0) is 14.4 Å². The first kappa shape index (κ1) is 12.7. The molecule has 0 aliphatic carbocycles. The number of nitrogens with one attached hydrogen (secondary N) is 1. The Morgan fingerprint density at radius 2 is 1.94 bits per heavy atom. The van der Waals surface area contributed by atoms with Crippen molar-refractivity contribution in [3.63, 3.8) is 0 Å². The number of carbonyl (C=O) groups is 1. The third-order valence-electron chi connectivity index (χ3n) is 2.00. The van der Waals surface area contributed by atoms with Gasteiger partial charge in [0.15, 0.2) is 6.04 Å². The third kappa shape index (κ3) is 3.64. The fourth-order valence-corrected chi connectivity index (χ4v) is 1.29. The molecule has 0 spiro atoms. The maximum Gasteiger partial charge on any atom is 0.330 e. The van der Waals surface area contributed by atoms with Gasteiger partial charge in [-0.05, 0) is 19.4 Å². The molecule has 88 valence electrons. The lowest BCUT2D eigenvalue weighted by Gasteiger charge is -2.16. The Kier molecular flexibility index (Phi) is 5.53. The van der Waals surface area contributed by atoms with Crippen molar-refractivity contribution in [1.29, 1.82) is 0 Å². The van der Waals surface area contributed by atoms with Crippen LogP contribution in [0, 0.1) is 0 Å². The quantitative estimate of drug-likeness (QED) is 0.590. The SMILES string of the molecule is CCONC(C(=O)OCC)c1ccccc1. The van der Waals surface area contributed by atoms with Crippen LogP contribution >= 0.6 is 0 Å². The lowest BCUT2D eigenvalue weighted by molar-refractivity contribution is -0.150. The predicted octanol–water partition coefficient (Wildman–Crippen LogP) is 1.83. The predicted molar refractivity (Wildman–Crippen MR) is 60.6 cm³/mol. The summed E-state index contributed by atoms with van der Waals surface area (Å²) in [6.45, 7) is 4.47. The molecular formula is C12H17NO3. The summed E-state index contributed by atoms with van der Waals surface area (Å²) in [5.41, 5.74) is 3.52. The summed E-state index contributed by atoms with van der Waals surface area (Å²) in [5, 5.41) is 0. The van der Waals surface area contributed by atoms with Gasteiger partial charge in [-0.1, -0.05) is 30.3 Å². The van der Waals surface area contributed by atoms with Crippen LogP contribution in [0.1, 0.15) is 25.5 Å². The second-order valence-electron chi connectivity index (χ2n) is 3.15. The van der Waals surface area contributed by atoms with Crippen molar-refractivity contribution in [2.45, 2.75) is 19.9 Å². The summed E-state index contributed by atoms with van der Waals surface area (Å²) in [6.07, 6.45) is 0. The summed E-state index contributed by atoms with van der Waals surface area (Å²) in [6, 6.07) is 8.78. The first-order valence-electron chi connectivity index (χ1n) is 5.38. The van der Waals surface area contributed by atoms with Gasteiger partial charge < -0.3 is 9.57 Å². The van der Waals surface area contributed by atoms with Crippen LogP contribution in [0.15, 0.2) is 30.3 Å². The average Bonchev–Trinajstić information content (AvgIpc) is 2.31. The van der Waals surface area contributed by atoms with Crippen molar-refractivity contribution >= 4 is 5.97 Å². The molecule has 0 radical (unpaired) electrons. The second-order valence-corrected chi connectivity index (χ2v) is 3.15. The van der Waals surface area contributed by atoms with Gasteiger partial charge in [-0.3, -0.25) is 0 Å². The van der Waals surface area contributed by atoms with E-state index in [0.29, 0.717) is 13.2 Å². The van der Waals surface area contributed by atoms with Gasteiger partial charge in [-0.2, -0.15) is 5.48 Å². The molecule has 0 aliphatic rings. The van der Waals surface area contributed by atoms with Gasteiger partial charge >= 0.3 is 5.97 Å². The van der Waals surface area contributed by atoms with E-state index in [2.05, 4.69) is 5.48 Å². The lowest BCUT2D eigenvalue weighted by Crippen LogP contribution is -2.30. The Morgan fingerprint density at radius 3 is 2.50 bits per heavy atom. The first-order chi connectivity index (χ1) is 7.79. The fraction of sp³-hybridized carbons (Fsp3) is 0.417. The molecule has 0 amide bonds. The maximum atomic E-state index is 11.7. The standard InChI is InChI=1S/C12H17NO3/c1-3-15-12(14)11(13-16-4-2)10-8-6-5-7-9-10/h5-9,11,13H,3-4H2,1-2H3. The van der Waals surface area contributed by atoms with E-state index in [1.807, 2.05) is 37.3 Å². The number of esters is 1. The van der Waals surface area contributed by atoms with E-state index in [1.165, 1.54) is 0 Å². The van der Waals surface area contributed by atoms with E-state index in [0.717, 1.165) is 5.56 Å². The minimum absolute atomic E-state index is 0.331. The molecule has 0 saturated carbocycles. The van der Waals surface area contributed by atoms with Crippen molar-refractivity contribution in [3.05, 3.63) is 35.9 Å². The van der Waals surface area contributed by atoms with E-state index in [4.69, 9.17) is 9.57 Å². The van der Waals surface area contributed by atoms with Gasteiger partial charge in [-0.25, -0.2) is 4.79 Å².